The molecule has 6 heteroatoms. The number of hydrogen-bond acceptors (Lipinski definition) is 2. The van der Waals surface area contributed by atoms with Gasteiger partial charge in [0.05, 0.1) is 11.0 Å². The molecule has 1 fully saturated rings. The van der Waals surface area contributed by atoms with E-state index in [0.29, 0.717) is 17.6 Å². The van der Waals surface area contributed by atoms with Crippen LogP contribution in [0.25, 0.3) is 11.0 Å². The third-order valence-electron chi connectivity index (χ3n) is 5.03. The molecule has 26 heavy (non-hydrogen) atoms. The van der Waals surface area contributed by atoms with Gasteiger partial charge in [-0.05, 0) is 37.1 Å². The van der Waals surface area contributed by atoms with Crippen molar-refractivity contribution in [2.24, 2.45) is 0 Å². The van der Waals surface area contributed by atoms with Crippen LogP contribution in [-0.4, -0.2) is 27.0 Å². The number of nitrogens with zero attached hydrogens (tertiary/aromatic N) is 3. The van der Waals surface area contributed by atoms with E-state index in [2.05, 4.69) is 22.0 Å². The fraction of sp³-hybridized carbons (Fsp3) is 0.350. The Labute approximate surface area is 150 Å². The van der Waals surface area contributed by atoms with Crippen molar-refractivity contribution in [2.75, 3.05) is 6.54 Å². The van der Waals surface area contributed by atoms with E-state index in [1.54, 1.807) is 24.3 Å². The van der Waals surface area contributed by atoms with E-state index >= 15 is 0 Å². The molecule has 0 aliphatic carbocycles. The third-order valence-corrected chi connectivity index (χ3v) is 5.03. The Balaban J connectivity index is 1.64. The lowest BCUT2D eigenvalue weighted by atomic mass is 10.1. The minimum atomic E-state index is -4.46. The molecule has 3 nitrogen and oxygen atoms in total. The van der Waals surface area contributed by atoms with E-state index in [1.807, 2.05) is 18.2 Å². The highest BCUT2D eigenvalue weighted by atomic mass is 19.4. The van der Waals surface area contributed by atoms with Gasteiger partial charge in [0.25, 0.3) is 0 Å². The van der Waals surface area contributed by atoms with E-state index in [4.69, 9.17) is 0 Å². The van der Waals surface area contributed by atoms with Crippen LogP contribution in [0.2, 0.25) is 0 Å². The summed E-state index contributed by atoms with van der Waals surface area (Å²) in [7, 11) is 0. The minimum Gasteiger partial charge on any atom is -0.319 e. The van der Waals surface area contributed by atoms with Gasteiger partial charge in [-0.3, -0.25) is 4.90 Å². The van der Waals surface area contributed by atoms with Crippen molar-refractivity contribution in [2.45, 2.75) is 38.1 Å². The topological polar surface area (TPSA) is 21.1 Å². The maximum absolute atomic E-state index is 13.5. The molecular formula is C20H20F3N3. The largest absolute Gasteiger partial charge is 0.449 e. The molecule has 3 aromatic rings. The maximum Gasteiger partial charge on any atom is 0.449 e. The van der Waals surface area contributed by atoms with Gasteiger partial charge in [-0.2, -0.15) is 13.2 Å². The highest BCUT2D eigenvalue weighted by Crippen LogP contribution is 2.33. The monoisotopic (exact) mass is 359 g/mol. The zero-order chi connectivity index (χ0) is 18.1. The third kappa shape index (κ3) is 3.33. The van der Waals surface area contributed by atoms with Gasteiger partial charge < -0.3 is 4.57 Å². The number of halogens is 3. The Kier molecular flexibility index (Phi) is 4.44. The Morgan fingerprint density at radius 3 is 2.50 bits per heavy atom. The van der Waals surface area contributed by atoms with Crippen LogP contribution in [-0.2, 0) is 19.3 Å². The lowest BCUT2D eigenvalue weighted by molar-refractivity contribution is -0.147. The molecule has 1 aromatic heterocycles. The van der Waals surface area contributed by atoms with Gasteiger partial charge in [-0.1, -0.05) is 42.5 Å². The second-order valence-corrected chi connectivity index (χ2v) is 6.78. The molecule has 0 bridgehead atoms. The summed E-state index contributed by atoms with van der Waals surface area (Å²) < 4.78 is 41.9. The van der Waals surface area contributed by atoms with E-state index in [0.717, 1.165) is 25.9 Å². The van der Waals surface area contributed by atoms with Crippen LogP contribution in [0, 0.1) is 0 Å². The van der Waals surface area contributed by atoms with Crippen LogP contribution < -0.4 is 0 Å². The number of likely N-dealkylation sites (tertiary alicyclic amines) is 1. The van der Waals surface area contributed by atoms with Crippen molar-refractivity contribution in [3.8, 4) is 0 Å². The standard InChI is InChI=1S/C20H20F3N3/c21-20(22,23)19-24-17-10-4-5-11-18(17)26(19)14-16-9-6-12-25(16)13-15-7-2-1-3-8-15/h1-5,7-8,10-11,16H,6,9,12-14H2. The van der Waals surface area contributed by atoms with Gasteiger partial charge in [-0.25, -0.2) is 4.98 Å². The maximum atomic E-state index is 13.5. The quantitative estimate of drug-likeness (QED) is 0.672. The predicted octanol–water partition coefficient (Wildman–Crippen LogP) is 4.72. The van der Waals surface area contributed by atoms with E-state index in [-0.39, 0.29) is 6.04 Å². The zero-order valence-electron chi connectivity index (χ0n) is 14.3. The molecule has 1 aliphatic rings. The highest BCUT2D eigenvalue weighted by Gasteiger charge is 2.38. The number of fused-ring (bicyclic) bond motifs is 1. The first kappa shape index (κ1) is 17.1. The molecule has 0 N–H and O–H groups in total. The summed E-state index contributed by atoms with van der Waals surface area (Å²) in [5, 5.41) is 0. The number of para-hydroxylation sites is 2. The number of aromatic nitrogens is 2. The Hall–Kier alpha value is -2.34. The molecular weight excluding hydrogens is 339 g/mol. The van der Waals surface area contributed by atoms with Crippen LogP contribution >= 0.6 is 0 Å². The molecule has 0 radical (unpaired) electrons. The molecule has 2 aromatic carbocycles. The second kappa shape index (κ2) is 6.76. The van der Waals surface area contributed by atoms with Gasteiger partial charge in [0.1, 0.15) is 0 Å². The Bertz CT molecular complexity index is 886. The molecule has 0 saturated carbocycles. The molecule has 1 saturated heterocycles. The fourth-order valence-corrected chi connectivity index (χ4v) is 3.82. The lowest BCUT2D eigenvalue weighted by Crippen LogP contribution is -2.33. The van der Waals surface area contributed by atoms with Gasteiger partial charge in [0, 0.05) is 19.1 Å². The molecule has 2 heterocycles. The Morgan fingerprint density at radius 2 is 1.73 bits per heavy atom. The smallest absolute Gasteiger partial charge is 0.319 e. The second-order valence-electron chi connectivity index (χ2n) is 6.78. The normalized spacial score (nSPS) is 18.7. The van der Waals surface area contributed by atoms with Gasteiger partial charge in [0.2, 0.25) is 5.82 Å². The van der Waals surface area contributed by atoms with E-state index < -0.39 is 12.0 Å². The lowest BCUT2D eigenvalue weighted by Gasteiger charge is -2.26. The number of rotatable bonds is 4. The molecule has 0 amide bonds. The number of imidazole rings is 1. The summed E-state index contributed by atoms with van der Waals surface area (Å²) in [6.45, 7) is 1.98. The Morgan fingerprint density at radius 1 is 1.00 bits per heavy atom. The molecule has 1 aliphatic heterocycles. The van der Waals surface area contributed by atoms with Gasteiger partial charge in [-0.15, -0.1) is 0 Å². The van der Waals surface area contributed by atoms with Crippen LogP contribution in [0.3, 0.4) is 0 Å². The fourth-order valence-electron chi connectivity index (χ4n) is 3.82. The van der Waals surface area contributed by atoms with Crippen molar-refractivity contribution in [3.05, 3.63) is 66.0 Å². The summed E-state index contributed by atoms with van der Waals surface area (Å²) in [5.74, 6) is -0.801. The van der Waals surface area contributed by atoms with E-state index in [1.165, 1.54) is 10.1 Å². The van der Waals surface area contributed by atoms with Crippen LogP contribution in [0.4, 0.5) is 13.2 Å². The number of hydrogen-bond donors (Lipinski definition) is 0. The summed E-state index contributed by atoms with van der Waals surface area (Å²) in [5.41, 5.74) is 2.13. The first-order valence-corrected chi connectivity index (χ1v) is 8.83. The summed E-state index contributed by atoms with van der Waals surface area (Å²) >= 11 is 0. The van der Waals surface area contributed by atoms with E-state index in [9.17, 15) is 13.2 Å². The molecule has 1 unspecified atom stereocenters. The van der Waals surface area contributed by atoms with Crippen molar-refractivity contribution in [1.29, 1.82) is 0 Å². The van der Waals surface area contributed by atoms with Crippen molar-refractivity contribution >= 4 is 11.0 Å². The molecule has 0 spiro atoms. The van der Waals surface area contributed by atoms with Crippen molar-refractivity contribution < 1.29 is 13.2 Å². The van der Waals surface area contributed by atoms with Gasteiger partial charge >= 0.3 is 6.18 Å². The van der Waals surface area contributed by atoms with Gasteiger partial charge in [0.15, 0.2) is 0 Å². The average Bonchev–Trinajstić information content (AvgIpc) is 3.21. The number of benzene rings is 2. The first-order valence-electron chi connectivity index (χ1n) is 8.83. The zero-order valence-corrected chi connectivity index (χ0v) is 14.3. The summed E-state index contributed by atoms with van der Waals surface area (Å²) in [6.07, 6.45) is -2.55. The predicted molar refractivity (Wildman–Crippen MR) is 94.6 cm³/mol. The minimum absolute atomic E-state index is 0.0777. The number of alkyl halides is 3. The van der Waals surface area contributed by atoms with Crippen LogP contribution in [0.15, 0.2) is 54.6 Å². The molecule has 1 atom stereocenters. The van der Waals surface area contributed by atoms with Crippen LogP contribution in [0.5, 0.6) is 0 Å². The highest BCUT2D eigenvalue weighted by molar-refractivity contribution is 5.76. The average molecular weight is 359 g/mol. The summed E-state index contributed by atoms with van der Waals surface area (Å²) in [6, 6.07) is 17.0. The first-order chi connectivity index (χ1) is 12.5. The van der Waals surface area contributed by atoms with Crippen molar-refractivity contribution in [3.63, 3.8) is 0 Å². The molecule has 136 valence electrons. The van der Waals surface area contributed by atoms with Crippen molar-refractivity contribution in [1.82, 2.24) is 14.5 Å². The van der Waals surface area contributed by atoms with Crippen LogP contribution in [0.1, 0.15) is 24.2 Å². The summed E-state index contributed by atoms with van der Waals surface area (Å²) in [4.78, 5) is 6.14. The molecule has 4 rings (SSSR count). The SMILES string of the molecule is FC(F)(F)c1nc2ccccc2n1CC1CCCN1Cc1ccccc1.